The Morgan fingerprint density at radius 1 is 0.833 bits per heavy atom. The third kappa shape index (κ3) is 5.76. The Kier molecular flexibility index (Phi) is 7.08. The maximum Gasteiger partial charge on any atom is 0.305 e. The first-order valence-electron chi connectivity index (χ1n) is 7.06. The van der Waals surface area contributed by atoms with E-state index < -0.39 is 61.3 Å². The van der Waals surface area contributed by atoms with Crippen LogP contribution in [0.1, 0.15) is 27.7 Å². The fourth-order valence-corrected chi connectivity index (χ4v) is 2.11. The highest BCUT2D eigenvalue weighted by molar-refractivity contribution is 5.68. The Balaban J connectivity index is 3.04. The molecule has 10 heteroatoms. The Morgan fingerprint density at radius 2 is 1.33 bits per heavy atom. The van der Waals surface area contributed by atoms with Crippen LogP contribution in [0.5, 0.6) is 0 Å². The number of carbonyl (C=O) groups excluding carboxylic acids is 4. The number of halogens is 1. The van der Waals surface area contributed by atoms with E-state index in [0.29, 0.717) is 0 Å². The highest BCUT2D eigenvalue weighted by Gasteiger charge is 2.52. The van der Waals surface area contributed by atoms with Crippen LogP contribution >= 0.6 is 0 Å². The van der Waals surface area contributed by atoms with Crippen molar-refractivity contribution in [1.29, 1.82) is 0 Å². The second-order valence-electron chi connectivity index (χ2n) is 5.05. The number of ether oxygens (including phenoxy) is 5. The minimum Gasteiger partial charge on any atom is -0.463 e. The quantitative estimate of drug-likeness (QED) is 0.500. The standard InChI is InChI=1S/C14H19FO9/c1-6(16)20-5-10-12(21-7(2)17)11(15)13(22-8(3)18)14(24-10)23-9(4)19/h10-14H,5H2,1-4H3/t10-,11-,12-,13-,14?/m1/s1. The monoisotopic (exact) mass is 350 g/mol. The minimum absolute atomic E-state index is 0.446. The summed E-state index contributed by atoms with van der Waals surface area (Å²) < 4.78 is 39.3. The van der Waals surface area contributed by atoms with Crippen molar-refractivity contribution in [3.63, 3.8) is 0 Å². The fourth-order valence-electron chi connectivity index (χ4n) is 2.11. The zero-order chi connectivity index (χ0) is 18.4. The van der Waals surface area contributed by atoms with Crippen molar-refractivity contribution in [2.45, 2.75) is 58.5 Å². The molecule has 0 spiro atoms. The minimum atomic E-state index is -2.06. The van der Waals surface area contributed by atoms with Gasteiger partial charge in [-0.05, 0) is 0 Å². The van der Waals surface area contributed by atoms with Crippen molar-refractivity contribution < 1.29 is 47.3 Å². The number of hydrogen-bond acceptors (Lipinski definition) is 9. The lowest BCUT2D eigenvalue weighted by Crippen LogP contribution is -2.60. The van der Waals surface area contributed by atoms with Gasteiger partial charge in [0, 0.05) is 27.7 Å². The first-order valence-corrected chi connectivity index (χ1v) is 7.06. The van der Waals surface area contributed by atoms with Gasteiger partial charge in [0.15, 0.2) is 18.4 Å². The topological polar surface area (TPSA) is 114 Å². The van der Waals surface area contributed by atoms with Crippen LogP contribution in [0.25, 0.3) is 0 Å². The van der Waals surface area contributed by atoms with E-state index in [-0.39, 0.29) is 0 Å². The summed E-state index contributed by atoms with van der Waals surface area (Å²) in [4.78, 5) is 44.4. The lowest BCUT2D eigenvalue weighted by atomic mass is 10.00. The summed E-state index contributed by atoms with van der Waals surface area (Å²) in [5.41, 5.74) is 0. The van der Waals surface area contributed by atoms with Gasteiger partial charge < -0.3 is 23.7 Å². The van der Waals surface area contributed by atoms with Crippen molar-refractivity contribution in [2.24, 2.45) is 0 Å². The van der Waals surface area contributed by atoms with Crippen molar-refractivity contribution in [3.8, 4) is 0 Å². The Morgan fingerprint density at radius 3 is 1.79 bits per heavy atom. The predicted molar refractivity (Wildman–Crippen MR) is 73.1 cm³/mol. The fraction of sp³-hybridized carbons (Fsp3) is 0.714. The molecular formula is C14H19FO9. The van der Waals surface area contributed by atoms with Crippen molar-refractivity contribution in [1.82, 2.24) is 0 Å². The molecule has 1 saturated heterocycles. The van der Waals surface area contributed by atoms with Crippen LogP contribution in [0.3, 0.4) is 0 Å². The first-order chi connectivity index (χ1) is 11.1. The molecule has 1 aliphatic heterocycles. The highest BCUT2D eigenvalue weighted by atomic mass is 19.1. The van der Waals surface area contributed by atoms with E-state index in [1.54, 1.807) is 0 Å². The number of hydrogen-bond donors (Lipinski definition) is 0. The number of alkyl halides is 1. The van der Waals surface area contributed by atoms with E-state index in [1.165, 1.54) is 0 Å². The van der Waals surface area contributed by atoms with E-state index in [1.807, 2.05) is 0 Å². The van der Waals surface area contributed by atoms with Crippen LogP contribution in [0.15, 0.2) is 0 Å². The molecule has 0 aromatic carbocycles. The molecule has 0 radical (unpaired) electrons. The molecule has 0 N–H and O–H groups in total. The molecule has 1 fully saturated rings. The zero-order valence-corrected chi connectivity index (χ0v) is 13.6. The first kappa shape index (κ1) is 19.8. The average molecular weight is 350 g/mol. The van der Waals surface area contributed by atoms with Gasteiger partial charge in [-0.25, -0.2) is 4.39 Å². The average Bonchev–Trinajstić information content (AvgIpc) is 2.42. The molecule has 0 bridgehead atoms. The SMILES string of the molecule is CC(=O)OC[C@H]1OC(OC(C)=O)[C@H](OC(C)=O)[C@H](F)[C@@H]1OC(C)=O. The van der Waals surface area contributed by atoms with Crippen LogP contribution in [0.4, 0.5) is 4.39 Å². The highest BCUT2D eigenvalue weighted by Crippen LogP contribution is 2.29. The molecule has 136 valence electrons. The lowest BCUT2D eigenvalue weighted by molar-refractivity contribution is -0.288. The third-order valence-corrected chi connectivity index (χ3v) is 2.91. The maximum absolute atomic E-state index is 14.7. The normalized spacial score (nSPS) is 29.3. The van der Waals surface area contributed by atoms with Crippen molar-refractivity contribution in [3.05, 3.63) is 0 Å². The molecule has 1 unspecified atom stereocenters. The van der Waals surface area contributed by atoms with Crippen LogP contribution < -0.4 is 0 Å². The van der Waals surface area contributed by atoms with Gasteiger partial charge in [0.1, 0.15) is 12.7 Å². The van der Waals surface area contributed by atoms with E-state index in [0.717, 1.165) is 27.7 Å². The maximum atomic E-state index is 14.7. The largest absolute Gasteiger partial charge is 0.463 e. The second-order valence-corrected chi connectivity index (χ2v) is 5.05. The van der Waals surface area contributed by atoms with E-state index in [9.17, 15) is 23.6 Å². The van der Waals surface area contributed by atoms with Gasteiger partial charge in [-0.3, -0.25) is 19.2 Å². The van der Waals surface area contributed by atoms with Gasteiger partial charge in [-0.1, -0.05) is 0 Å². The van der Waals surface area contributed by atoms with Gasteiger partial charge in [-0.2, -0.15) is 0 Å². The molecular weight excluding hydrogens is 331 g/mol. The van der Waals surface area contributed by atoms with Crippen molar-refractivity contribution in [2.75, 3.05) is 6.61 Å². The molecule has 1 aliphatic rings. The Bertz CT molecular complexity index is 504. The van der Waals surface area contributed by atoms with Gasteiger partial charge in [-0.15, -0.1) is 0 Å². The van der Waals surface area contributed by atoms with Gasteiger partial charge >= 0.3 is 23.9 Å². The van der Waals surface area contributed by atoms with Crippen LogP contribution in [0, 0.1) is 0 Å². The van der Waals surface area contributed by atoms with Gasteiger partial charge in [0.25, 0.3) is 0 Å². The summed E-state index contributed by atoms with van der Waals surface area (Å²) >= 11 is 0. The summed E-state index contributed by atoms with van der Waals surface area (Å²) in [6.45, 7) is 3.82. The molecule has 9 nitrogen and oxygen atoms in total. The van der Waals surface area contributed by atoms with E-state index >= 15 is 0 Å². The molecule has 24 heavy (non-hydrogen) atoms. The zero-order valence-electron chi connectivity index (χ0n) is 13.6. The van der Waals surface area contributed by atoms with Gasteiger partial charge in [0.05, 0.1) is 0 Å². The predicted octanol–water partition coefficient (Wildman–Crippen LogP) is 0.0390. The summed E-state index contributed by atoms with van der Waals surface area (Å²) in [6.07, 6.45) is -8.03. The summed E-state index contributed by atoms with van der Waals surface area (Å²) in [7, 11) is 0. The molecule has 0 aromatic rings. The van der Waals surface area contributed by atoms with Crippen molar-refractivity contribution >= 4 is 23.9 Å². The third-order valence-electron chi connectivity index (χ3n) is 2.91. The van der Waals surface area contributed by atoms with Crippen LogP contribution in [0.2, 0.25) is 0 Å². The molecule has 0 aliphatic carbocycles. The Labute approximate surface area is 137 Å². The van der Waals surface area contributed by atoms with E-state index in [4.69, 9.17) is 23.7 Å². The molecule has 1 heterocycles. The lowest BCUT2D eigenvalue weighted by Gasteiger charge is -2.41. The molecule has 5 atom stereocenters. The smallest absolute Gasteiger partial charge is 0.305 e. The molecule has 0 saturated carbocycles. The van der Waals surface area contributed by atoms with E-state index in [2.05, 4.69) is 0 Å². The second kappa shape index (κ2) is 8.57. The summed E-state index contributed by atoms with van der Waals surface area (Å²) in [5.74, 6) is -3.13. The summed E-state index contributed by atoms with van der Waals surface area (Å²) in [6, 6.07) is 0. The Hall–Kier alpha value is -2.23. The summed E-state index contributed by atoms with van der Waals surface area (Å²) in [5, 5.41) is 0. The van der Waals surface area contributed by atoms with Crippen LogP contribution in [-0.2, 0) is 42.9 Å². The molecule has 0 amide bonds. The number of esters is 4. The molecule has 1 rings (SSSR count). The van der Waals surface area contributed by atoms with Gasteiger partial charge in [0.2, 0.25) is 6.29 Å². The number of rotatable bonds is 5. The van der Waals surface area contributed by atoms with Crippen LogP contribution in [-0.4, -0.2) is 61.3 Å². The molecule has 0 aromatic heterocycles. The number of carbonyl (C=O) groups is 4.